The largest absolute Gasteiger partial charge is 0.310 e. The highest BCUT2D eigenvalue weighted by Crippen LogP contribution is 2.45. The molecular weight excluding hydrogens is 160 g/mol. The molecular formula is C11H12N2. The van der Waals surface area contributed by atoms with Gasteiger partial charge in [-0.25, -0.2) is 0 Å². The third-order valence-electron chi connectivity index (χ3n) is 2.77. The number of hydrogen-bond acceptors (Lipinski definition) is 2. The zero-order valence-electron chi connectivity index (χ0n) is 7.67. The van der Waals surface area contributed by atoms with Crippen molar-refractivity contribution in [3.8, 4) is 6.07 Å². The summed E-state index contributed by atoms with van der Waals surface area (Å²) in [5, 5.41) is 12.1. The van der Waals surface area contributed by atoms with Crippen molar-refractivity contribution in [1.29, 1.82) is 5.26 Å². The van der Waals surface area contributed by atoms with E-state index in [0.29, 0.717) is 0 Å². The second kappa shape index (κ2) is 2.86. The fourth-order valence-electron chi connectivity index (χ4n) is 1.69. The third kappa shape index (κ3) is 1.32. The number of hydrogen-bond donors (Lipinski definition) is 1. The van der Waals surface area contributed by atoms with Gasteiger partial charge in [0.05, 0.1) is 11.6 Å². The summed E-state index contributed by atoms with van der Waals surface area (Å²) >= 11 is 0. The van der Waals surface area contributed by atoms with E-state index in [-0.39, 0.29) is 5.54 Å². The van der Waals surface area contributed by atoms with Crippen LogP contribution in [0.1, 0.15) is 24.0 Å². The van der Waals surface area contributed by atoms with Crippen LogP contribution in [0.4, 0.5) is 0 Å². The molecule has 66 valence electrons. The Kier molecular flexibility index (Phi) is 1.82. The summed E-state index contributed by atoms with van der Waals surface area (Å²) in [6, 6.07) is 10.0. The van der Waals surface area contributed by atoms with Gasteiger partial charge >= 0.3 is 0 Å². The number of nitrogens with one attached hydrogen (secondary N) is 1. The smallest absolute Gasteiger partial charge is 0.0991 e. The molecule has 1 aromatic rings. The molecule has 0 radical (unpaired) electrons. The topological polar surface area (TPSA) is 35.8 Å². The van der Waals surface area contributed by atoms with Gasteiger partial charge in [-0.2, -0.15) is 5.26 Å². The lowest BCUT2D eigenvalue weighted by atomic mass is 10.0. The highest BCUT2D eigenvalue weighted by Gasteiger charge is 2.42. The van der Waals surface area contributed by atoms with Crippen molar-refractivity contribution in [2.24, 2.45) is 0 Å². The Morgan fingerprint density at radius 3 is 2.77 bits per heavy atom. The Morgan fingerprint density at radius 1 is 1.46 bits per heavy atom. The Hall–Kier alpha value is -1.33. The van der Waals surface area contributed by atoms with Gasteiger partial charge in [-0.3, -0.25) is 0 Å². The van der Waals surface area contributed by atoms with Crippen LogP contribution < -0.4 is 5.32 Å². The second-order valence-electron chi connectivity index (χ2n) is 3.52. The lowest BCUT2D eigenvalue weighted by Gasteiger charge is -2.14. The standard InChI is InChI=1S/C11H12N2/c1-13-11(5-6-11)10-4-2-3-9(7-10)8-12/h2-4,7,13H,5-6H2,1H3. The predicted molar refractivity (Wildman–Crippen MR) is 51.1 cm³/mol. The molecule has 0 bridgehead atoms. The quantitative estimate of drug-likeness (QED) is 0.738. The number of benzene rings is 1. The SMILES string of the molecule is CNC1(c2cccc(C#N)c2)CC1. The van der Waals surface area contributed by atoms with Gasteiger partial charge in [0.1, 0.15) is 0 Å². The Bertz CT molecular complexity index is 359. The van der Waals surface area contributed by atoms with Gasteiger partial charge < -0.3 is 5.32 Å². The van der Waals surface area contributed by atoms with Crippen molar-refractivity contribution in [3.05, 3.63) is 35.4 Å². The van der Waals surface area contributed by atoms with Crippen LogP contribution in [0, 0.1) is 11.3 Å². The molecule has 2 nitrogen and oxygen atoms in total. The summed E-state index contributed by atoms with van der Waals surface area (Å²) < 4.78 is 0. The zero-order valence-corrected chi connectivity index (χ0v) is 7.67. The monoisotopic (exact) mass is 172 g/mol. The maximum Gasteiger partial charge on any atom is 0.0991 e. The van der Waals surface area contributed by atoms with Crippen LogP contribution in [0.5, 0.6) is 0 Å². The lowest BCUT2D eigenvalue weighted by molar-refractivity contribution is 0.585. The molecule has 2 rings (SSSR count). The first kappa shape index (κ1) is 8.28. The van der Waals surface area contributed by atoms with E-state index in [4.69, 9.17) is 5.26 Å². The van der Waals surface area contributed by atoms with Gasteiger partial charge in [0, 0.05) is 5.54 Å². The van der Waals surface area contributed by atoms with E-state index in [0.717, 1.165) is 5.56 Å². The Labute approximate surface area is 78.2 Å². The van der Waals surface area contributed by atoms with Crippen LogP contribution in [0.15, 0.2) is 24.3 Å². The first-order chi connectivity index (χ1) is 6.30. The van der Waals surface area contributed by atoms with Gasteiger partial charge in [0.15, 0.2) is 0 Å². The van der Waals surface area contributed by atoms with Crippen LogP contribution in [0.25, 0.3) is 0 Å². The molecule has 0 atom stereocenters. The van der Waals surface area contributed by atoms with Crippen LogP contribution in [0.2, 0.25) is 0 Å². The molecule has 1 saturated carbocycles. The van der Waals surface area contributed by atoms with Crippen molar-refractivity contribution in [1.82, 2.24) is 5.32 Å². The van der Waals surface area contributed by atoms with Gasteiger partial charge in [0.2, 0.25) is 0 Å². The van der Waals surface area contributed by atoms with Crippen LogP contribution in [0.3, 0.4) is 0 Å². The summed E-state index contributed by atoms with van der Waals surface area (Å²) in [6.45, 7) is 0. The van der Waals surface area contributed by atoms with E-state index >= 15 is 0 Å². The molecule has 1 aliphatic rings. The van der Waals surface area contributed by atoms with Gasteiger partial charge in [0.25, 0.3) is 0 Å². The van der Waals surface area contributed by atoms with Gasteiger partial charge in [-0.1, -0.05) is 12.1 Å². The minimum absolute atomic E-state index is 0.173. The average molecular weight is 172 g/mol. The van der Waals surface area contributed by atoms with Gasteiger partial charge in [-0.15, -0.1) is 0 Å². The third-order valence-corrected chi connectivity index (χ3v) is 2.77. The maximum absolute atomic E-state index is 8.75. The number of nitriles is 1. The summed E-state index contributed by atoms with van der Waals surface area (Å²) in [7, 11) is 1.98. The highest BCUT2D eigenvalue weighted by molar-refractivity contribution is 5.38. The van der Waals surface area contributed by atoms with E-state index in [1.807, 2.05) is 25.2 Å². The minimum atomic E-state index is 0.173. The first-order valence-electron chi connectivity index (χ1n) is 4.50. The Balaban J connectivity index is 2.37. The Morgan fingerprint density at radius 2 is 2.23 bits per heavy atom. The summed E-state index contributed by atoms with van der Waals surface area (Å²) in [5.41, 5.74) is 2.17. The van der Waals surface area contributed by atoms with Crippen molar-refractivity contribution in [2.75, 3.05) is 7.05 Å². The number of rotatable bonds is 2. The van der Waals surface area contributed by atoms with Crippen molar-refractivity contribution in [3.63, 3.8) is 0 Å². The zero-order chi connectivity index (χ0) is 9.31. The molecule has 0 saturated heterocycles. The minimum Gasteiger partial charge on any atom is -0.310 e. The molecule has 0 unspecified atom stereocenters. The van der Waals surface area contributed by atoms with E-state index < -0.39 is 0 Å². The molecule has 0 amide bonds. The molecule has 1 aliphatic carbocycles. The van der Waals surface area contributed by atoms with E-state index in [1.54, 1.807) is 0 Å². The maximum atomic E-state index is 8.75. The highest BCUT2D eigenvalue weighted by atomic mass is 15.0. The summed E-state index contributed by atoms with van der Waals surface area (Å²) in [5.74, 6) is 0. The van der Waals surface area contributed by atoms with Crippen molar-refractivity contribution < 1.29 is 0 Å². The molecule has 0 aromatic heterocycles. The summed E-state index contributed by atoms with van der Waals surface area (Å²) in [6.07, 6.45) is 2.36. The normalized spacial score (nSPS) is 17.8. The fourth-order valence-corrected chi connectivity index (χ4v) is 1.69. The van der Waals surface area contributed by atoms with E-state index in [1.165, 1.54) is 18.4 Å². The first-order valence-corrected chi connectivity index (χ1v) is 4.50. The molecule has 0 heterocycles. The number of nitrogens with zero attached hydrogens (tertiary/aromatic N) is 1. The molecule has 1 fully saturated rings. The van der Waals surface area contributed by atoms with Crippen LogP contribution in [-0.2, 0) is 5.54 Å². The molecule has 13 heavy (non-hydrogen) atoms. The average Bonchev–Trinajstić information content (AvgIpc) is 2.99. The molecule has 2 heteroatoms. The fraction of sp³-hybridized carbons (Fsp3) is 0.364. The molecule has 0 spiro atoms. The lowest BCUT2D eigenvalue weighted by Crippen LogP contribution is -2.24. The summed E-state index contributed by atoms with van der Waals surface area (Å²) in [4.78, 5) is 0. The molecule has 1 N–H and O–H groups in total. The van der Waals surface area contributed by atoms with Crippen LogP contribution in [-0.4, -0.2) is 7.05 Å². The second-order valence-corrected chi connectivity index (χ2v) is 3.52. The van der Waals surface area contributed by atoms with Gasteiger partial charge in [-0.05, 0) is 37.6 Å². The van der Waals surface area contributed by atoms with E-state index in [2.05, 4.69) is 17.5 Å². The molecule has 0 aliphatic heterocycles. The van der Waals surface area contributed by atoms with E-state index in [9.17, 15) is 0 Å². The van der Waals surface area contributed by atoms with Crippen LogP contribution >= 0.6 is 0 Å². The predicted octanol–water partition coefficient (Wildman–Crippen LogP) is 1.77. The van der Waals surface area contributed by atoms with Crippen molar-refractivity contribution >= 4 is 0 Å². The molecule has 1 aromatic carbocycles. The van der Waals surface area contributed by atoms with Crippen molar-refractivity contribution in [2.45, 2.75) is 18.4 Å².